The molecule has 0 aromatic carbocycles. The molecule has 0 saturated carbocycles. The molecule has 1 aromatic rings. The van der Waals surface area contributed by atoms with E-state index in [1.807, 2.05) is 32.9 Å². The van der Waals surface area contributed by atoms with E-state index in [1.54, 1.807) is 6.20 Å². The zero-order valence-electron chi connectivity index (χ0n) is 9.57. The average Bonchev–Trinajstić information content (AvgIpc) is 2.14. The van der Waals surface area contributed by atoms with Gasteiger partial charge < -0.3 is 5.11 Å². The third kappa shape index (κ3) is 3.48. The van der Waals surface area contributed by atoms with Gasteiger partial charge in [0.1, 0.15) is 0 Å². The molecule has 0 aliphatic rings. The minimum absolute atomic E-state index is 0.298. The largest absolute Gasteiger partial charge is 0.465 e. The Labute approximate surface area is 103 Å². The summed E-state index contributed by atoms with van der Waals surface area (Å²) in [7, 11) is 0. The number of hydrogen-bond acceptors (Lipinski definition) is 2. The van der Waals surface area contributed by atoms with E-state index >= 15 is 0 Å². The van der Waals surface area contributed by atoms with Crippen molar-refractivity contribution in [1.82, 2.24) is 9.88 Å². The highest BCUT2D eigenvalue weighted by Crippen LogP contribution is 2.17. The zero-order valence-corrected chi connectivity index (χ0v) is 11.2. The Morgan fingerprint density at radius 2 is 2.12 bits per heavy atom. The van der Waals surface area contributed by atoms with Crippen LogP contribution in [-0.2, 0) is 6.54 Å². The minimum Gasteiger partial charge on any atom is -0.465 e. The second-order valence-electron chi connectivity index (χ2n) is 4.51. The van der Waals surface area contributed by atoms with Gasteiger partial charge in [-0.05, 0) is 48.8 Å². The number of hydrogen-bond donors (Lipinski definition) is 1. The molecule has 0 bridgehead atoms. The van der Waals surface area contributed by atoms with Crippen LogP contribution in [0.4, 0.5) is 4.79 Å². The number of carboxylic acid groups (broad SMARTS) is 1. The molecule has 1 N–H and O–H groups in total. The summed E-state index contributed by atoms with van der Waals surface area (Å²) in [5.74, 6) is 0. The molecule has 0 aliphatic carbocycles. The summed E-state index contributed by atoms with van der Waals surface area (Å²) in [5.41, 5.74) is 0.307. The maximum absolute atomic E-state index is 11.1. The molecule has 0 radical (unpaired) electrons. The first-order chi connectivity index (χ1) is 7.30. The Morgan fingerprint density at radius 1 is 1.50 bits per heavy atom. The van der Waals surface area contributed by atoms with E-state index < -0.39 is 11.6 Å². The molecule has 4 nitrogen and oxygen atoms in total. The number of carbonyl (C=O) groups is 1. The fourth-order valence-electron chi connectivity index (χ4n) is 1.25. The Balaban J connectivity index is 2.84. The van der Waals surface area contributed by atoms with Gasteiger partial charge in [-0.25, -0.2) is 4.79 Å². The van der Waals surface area contributed by atoms with Gasteiger partial charge in [-0.2, -0.15) is 0 Å². The third-order valence-electron chi connectivity index (χ3n) is 2.15. The van der Waals surface area contributed by atoms with Gasteiger partial charge in [0.05, 0.1) is 12.2 Å². The first-order valence-corrected chi connectivity index (χ1v) is 5.71. The number of nitrogens with zero attached hydrogens (tertiary/aromatic N) is 2. The van der Waals surface area contributed by atoms with E-state index in [0.717, 1.165) is 10.2 Å². The number of pyridine rings is 1. The summed E-state index contributed by atoms with van der Waals surface area (Å²) in [6.07, 6.45) is 0.732. The summed E-state index contributed by atoms with van der Waals surface area (Å²) in [5, 5.41) is 9.11. The molecule has 1 aromatic heterocycles. The van der Waals surface area contributed by atoms with Crippen molar-refractivity contribution in [1.29, 1.82) is 0 Å². The van der Waals surface area contributed by atoms with E-state index in [-0.39, 0.29) is 0 Å². The minimum atomic E-state index is -0.933. The van der Waals surface area contributed by atoms with Gasteiger partial charge >= 0.3 is 6.09 Å². The van der Waals surface area contributed by atoms with Crippen molar-refractivity contribution in [3.8, 4) is 0 Å². The third-order valence-corrected chi connectivity index (χ3v) is 2.62. The van der Waals surface area contributed by atoms with Crippen LogP contribution in [0, 0.1) is 0 Å². The molecule has 0 atom stereocenters. The van der Waals surface area contributed by atoms with Crippen LogP contribution in [0.1, 0.15) is 26.5 Å². The average molecular weight is 287 g/mol. The zero-order chi connectivity index (χ0) is 12.3. The van der Waals surface area contributed by atoms with E-state index in [1.165, 1.54) is 4.90 Å². The Morgan fingerprint density at radius 3 is 2.50 bits per heavy atom. The maximum Gasteiger partial charge on any atom is 0.408 e. The number of amides is 1. The van der Waals surface area contributed by atoms with E-state index in [2.05, 4.69) is 20.9 Å². The van der Waals surface area contributed by atoms with Crippen LogP contribution in [0.15, 0.2) is 22.8 Å². The second-order valence-corrected chi connectivity index (χ2v) is 5.42. The smallest absolute Gasteiger partial charge is 0.408 e. The van der Waals surface area contributed by atoms with Gasteiger partial charge in [0.2, 0.25) is 0 Å². The first kappa shape index (κ1) is 13.0. The molecule has 5 heteroatoms. The SMILES string of the molecule is CC(C)(C)N(Cc1ccc(Br)cn1)C(=O)O. The van der Waals surface area contributed by atoms with E-state index in [0.29, 0.717) is 6.54 Å². The maximum atomic E-state index is 11.1. The lowest BCUT2D eigenvalue weighted by molar-refractivity contribution is 0.0947. The molecule has 0 saturated heterocycles. The van der Waals surface area contributed by atoms with Gasteiger partial charge in [-0.1, -0.05) is 0 Å². The molecule has 88 valence electrons. The lowest BCUT2D eigenvalue weighted by Crippen LogP contribution is -2.44. The second kappa shape index (κ2) is 4.82. The normalized spacial score (nSPS) is 11.2. The Kier molecular flexibility index (Phi) is 3.91. The van der Waals surface area contributed by atoms with Crippen molar-refractivity contribution in [2.24, 2.45) is 0 Å². The van der Waals surface area contributed by atoms with E-state index in [4.69, 9.17) is 5.11 Å². The standard InChI is InChI=1S/C11H15BrN2O2/c1-11(2,3)14(10(15)16)7-9-5-4-8(12)6-13-9/h4-6H,7H2,1-3H3,(H,15,16). The van der Waals surface area contributed by atoms with Gasteiger partial charge in [-0.15, -0.1) is 0 Å². The van der Waals surface area contributed by atoms with Gasteiger partial charge in [-0.3, -0.25) is 9.88 Å². The summed E-state index contributed by atoms with van der Waals surface area (Å²) in [6, 6.07) is 3.66. The quantitative estimate of drug-likeness (QED) is 0.909. The molecule has 0 unspecified atom stereocenters. The van der Waals surface area contributed by atoms with Gasteiger partial charge in [0.15, 0.2) is 0 Å². The molecule has 1 heterocycles. The lowest BCUT2D eigenvalue weighted by atomic mass is 10.1. The fourth-order valence-corrected chi connectivity index (χ4v) is 1.49. The summed E-state index contributed by atoms with van der Waals surface area (Å²) in [6.45, 7) is 5.88. The summed E-state index contributed by atoms with van der Waals surface area (Å²) < 4.78 is 0.883. The highest BCUT2D eigenvalue weighted by atomic mass is 79.9. The van der Waals surface area contributed by atoms with Crippen LogP contribution in [0.3, 0.4) is 0 Å². The summed E-state index contributed by atoms with van der Waals surface area (Å²) >= 11 is 3.29. The van der Waals surface area contributed by atoms with Crippen LogP contribution in [0.2, 0.25) is 0 Å². The Bertz CT molecular complexity index is 371. The van der Waals surface area contributed by atoms with Crippen LogP contribution < -0.4 is 0 Å². The lowest BCUT2D eigenvalue weighted by Gasteiger charge is -2.32. The van der Waals surface area contributed by atoms with Gasteiger partial charge in [0.25, 0.3) is 0 Å². The predicted octanol–water partition coefficient (Wildman–Crippen LogP) is 3.12. The van der Waals surface area contributed by atoms with Crippen molar-refractivity contribution in [2.75, 3.05) is 0 Å². The van der Waals surface area contributed by atoms with Crippen molar-refractivity contribution in [3.05, 3.63) is 28.5 Å². The van der Waals surface area contributed by atoms with E-state index in [9.17, 15) is 4.79 Å². The predicted molar refractivity (Wildman–Crippen MR) is 65.3 cm³/mol. The van der Waals surface area contributed by atoms with Crippen LogP contribution >= 0.6 is 15.9 Å². The highest BCUT2D eigenvalue weighted by molar-refractivity contribution is 9.10. The first-order valence-electron chi connectivity index (χ1n) is 4.91. The van der Waals surface area contributed by atoms with Crippen molar-refractivity contribution >= 4 is 22.0 Å². The van der Waals surface area contributed by atoms with Crippen LogP contribution in [-0.4, -0.2) is 26.6 Å². The molecule has 16 heavy (non-hydrogen) atoms. The van der Waals surface area contributed by atoms with Crippen molar-refractivity contribution in [3.63, 3.8) is 0 Å². The number of rotatable bonds is 2. The fraction of sp³-hybridized carbons (Fsp3) is 0.455. The molecule has 0 fully saturated rings. The molecular weight excluding hydrogens is 272 g/mol. The van der Waals surface area contributed by atoms with Crippen molar-refractivity contribution in [2.45, 2.75) is 32.9 Å². The Hall–Kier alpha value is -1.10. The topological polar surface area (TPSA) is 53.4 Å². The monoisotopic (exact) mass is 286 g/mol. The molecule has 0 aliphatic heterocycles. The molecular formula is C11H15BrN2O2. The van der Waals surface area contributed by atoms with Crippen LogP contribution in [0.5, 0.6) is 0 Å². The molecule has 1 amide bonds. The van der Waals surface area contributed by atoms with Crippen LogP contribution in [0.25, 0.3) is 0 Å². The number of aromatic nitrogens is 1. The van der Waals surface area contributed by atoms with Gasteiger partial charge in [0, 0.05) is 16.2 Å². The highest BCUT2D eigenvalue weighted by Gasteiger charge is 2.26. The number of halogens is 1. The molecule has 1 rings (SSSR count). The van der Waals surface area contributed by atoms with Crippen molar-refractivity contribution < 1.29 is 9.90 Å². The molecule has 0 spiro atoms. The summed E-state index contributed by atoms with van der Waals surface area (Å²) in [4.78, 5) is 16.6.